The van der Waals surface area contributed by atoms with Crippen LogP contribution in [-0.4, -0.2) is 55.2 Å². The zero-order valence-electron chi connectivity index (χ0n) is 18.2. The van der Waals surface area contributed by atoms with Crippen molar-refractivity contribution >= 4 is 6.09 Å². The molecule has 1 amide bonds. The van der Waals surface area contributed by atoms with Gasteiger partial charge in [0.05, 0.1) is 24.0 Å². The van der Waals surface area contributed by atoms with Crippen molar-refractivity contribution in [2.45, 2.75) is 70.9 Å². The lowest BCUT2D eigenvalue weighted by molar-refractivity contribution is -0.103. The number of carboxylic acid groups (broad SMARTS) is 1. The molecule has 1 aromatic carbocycles. The number of nitrogens with zero attached hydrogens (tertiary/aromatic N) is 3. The van der Waals surface area contributed by atoms with Crippen LogP contribution in [0.3, 0.4) is 0 Å². The van der Waals surface area contributed by atoms with Crippen LogP contribution in [0.5, 0.6) is 0 Å². The molecular weight excluding hydrogens is 406 g/mol. The predicted molar refractivity (Wildman–Crippen MR) is 109 cm³/mol. The Bertz CT molecular complexity index is 964. The number of carbonyl (C=O) groups is 1. The molecule has 1 saturated heterocycles. The Hall–Kier alpha value is -2.52. The summed E-state index contributed by atoms with van der Waals surface area (Å²) >= 11 is 0. The molecule has 31 heavy (non-hydrogen) atoms. The number of H-pyrrole nitrogens is 1. The fourth-order valence-electron chi connectivity index (χ4n) is 4.81. The summed E-state index contributed by atoms with van der Waals surface area (Å²) in [5.41, 5.74) is 1.33. The highest BCUT2D eigenvalue weighted by Crippen LogP contribution is 2.39. The number of halogens is 2. The van der Waals surface area contributed by atoms with Crippen LogP contribution in [0.25, 0.3) is 0 Å². The largest absolute Gasteiger partial charge is 0.465 e. The van der Waals surface area contributed by atoms with Crippen molar-refractivity contribution in [1.29, 1.82) is 0 Å². The van der Waals surface area contributed by atoms with E-state index in [4.69, 9.17) is 4.74 Å². The highest BCUT2D eigenvalue weighted by atomic mass is 19.1. The zero-order chi connectivity index (χ0) is 22.5. The van der Waals surface area contributed by atoms with E-state index in [0.29, 0.717) is 19.5 Å². The van der Waals surface area contributed by atoms with Crippen molar-refractivity contribution in [1.82, 2.24) is 19.8 Å². The normalized spacial score (nSPS) is 24.3. The zero-order valence-corrected chi connectivity index (χ0v) is 18.2. The molecular formula is C22H28F2N4O3. The summed E-state index contributed by atoms with van der Waals surface area (Å²) < 4.78 is 34.6. The smallest absolute Gasteiger partial charge is 0.408 e. The van der Waals surface area contributed by atoms with E-state index >= 15 is 0 Å². The van der Waals surface area contributed by atoms with Gasteiger partial charge in [0.25, 0.3) is 0 Å². The number of imidazole rings is 1. The minimum absolute atomic E-state index is 0.0443. The van der Waals surface area contributed by atoms with E-state index < -0.39 is 35.4 Å². The molecule has 3 atom stereocenters. The Morgan fingerprint density at radius 1 is 1.32 bits per heavy atom. The first-order valence-electron chi connectivity index (χ1n) is 10.4. The fourth-order valence-corrected chi connectivity index (χ4v) is 4.81. The van der Waals surface area contributed by atoms with Crippen LogP contribution >= 0.6 is 0 Å². The Labute approximate surface area is 180 Å². The number of aromatic nitrogens is 2. The topological polar surface area (TPSA) is 81.7 Å². The molecule has 0 spiro atoms. The molecule has 0 saturated carbocycles. The standard InChI is InChI=1S/C22H28F2N4O3/c1-12-25-17-9-27(10-18(17)26-12)14-8-19(28(21(29)30)22(2,3)4)20(31-11-14)15-7-13(23)5-6-16(15)24/h5-7,14,19-20H,8-11H2,1-4H3,(H,25,26)(H,29,30)/t14-,19+,20-/m1/s1. The lowest BCUT2D eigenvalue weighted by atomic mass is 9.88. The van der Waals surface area contributed by atoms with Gasteiger partial charge in [-0.1, -0.05) is 0 Å². The molecule has 0 bridgehead atoms. The maximum Gasteiger partial charge on any atom is 0.408 e. The van der Waals surface area contributed by atoms with Crippen molar-refractivity contribution in [3.8, 4) is 0 Å². The number of aryl methyl sites for hydroxylation is 1. The summed E-state index contributed by atoms with van der Waals surface area (Å²) in [7, 11) is 0. The third-order valence-corrected chi connectivity index (χ3v) is 6.07. The number of fused-ring (bicyclic) bond motifs is 1. The monoisotopic (exact) mass is 434 g/mol. The summed E-state index contributed by atoms with van der Waals surface area (Å²) in [6.07, 6.45) is -1.58. The van der Waals surface area contributed by atoms with E-state index in [2.05, 4.69) is 14.9 Å². The van der Waals surface area contributed by atoms with E-state index in [0.717, 1.165) is 35.4 Å². The minimum Gasteiger partial charge on any atom is -0.465 e. The molecule has 0 aliphatic carbocycles. The molecule has 4 rings (SSSR count). The third-order valence-electron chi connectivity index (χ3n) is 6.07. The summed E-state index contributed by atoms with van der Waals surface area (Å²) in [5.74, 6) is -0.322. The SMILES string of the molecule is Cc1nc2c([nH]1)CN([C@H]1CO[C@H](c3cc(F)ccc3F)[C@@H](N(C(=O)O)C(C)(C)C)C1)C2. The molecule has 0 unspecified atom stereocenters. The average Bonchev–Trinajstić information content (AvgIpc) is 3.20. The van der Waals surface area contributed by atoms with Gasteiger partial charge in [-0.25, -0.2) is 18.6 Å². The Balaban J connectivity index is 1.65. The summed E-state index contributed by atoms with van der Waals surface area (Å²) in [4.78, 5) is 23.5. The van der Waals surface area contributed by atoms with E-state index in [1.807, 2.05) is 6.92 Å². The van der Waals surface area contributed by atoms with Gasteiger partial charge in [0.15, 0.2) is 0 Å². The van der Waals surface area contributed by atoms with Crippen molar-refractivity contribution in [3.05, 3.63) is 52.6 Å². The lowest BCUT2D eigenvalue weighted by Gasteiger charge is -2.48. The number of nitrogens with one attached hydrogen (secondary N) is 1. The number of rotatable bonds is 3. The first-order valence-corrected chi connectivity index (χ1v) is 10.4. The van der Waals surface area contributed by atoms with Crippen LogP contribution in [0.15, 0.2) is 18.2 Å². The first-order chi connectivity index (χ1) is 14.5. The van der Waals surface area contributed by atoms with Gasteiger partial charge in [0, 0.05) is 30.2 Å². The lowest BCUT2D eigenvalue weighted by Crippen LogP contribution is -2.58. The van der Waals surface area contributed by atoms with Crippen molar-refractivity contribution in [2.24, 2.45) is 0 Å². The van der Waals surface area contributed by atoms with Crippen LogP contribution < -0.4 is 0 Å². The van der Waals surface area contributed by atoms with Gasteiger partial charge in [-0.15, -0.1) is 0 Å². The van der Waals surface area contributed by atoms with E-state index in [9.17, 15) is 18.7 Å². The molecule has 7 nitrogen and oxygen atoms in total. The highest BCUT2D eigenvalue weighted by molar-refractivity contribution is 5.66. The van der Waals surface area contributed by atoms with Crippen molar-refractivity contribution < 1.29 is 23.4 Å². The third kappa shape index (κ3) is 4.16. The van der Waals surface area contributed by atoms with E-state index in [1.54, 1.807) is 20.8 Å². The number of hydrogen-bond acceptors (Lipinski definition) is 4. The molecule has 2 aromatic rings. The van der Waals surface area contributed by atoms with Gasteiger partial charge in [0.1, 0.15) is 23.6 Å². The Morgan fingerprint density at radius 2 is 2.06 bits per heavy atom. The second-order valence-corrected chi connectivity index (χ2v) is 9.35. The quantitative estimate of drug-likeness (QED) is 0.764. The second-order valence-electron chi connectivity index (χ2n) is 9.35. The molecule has 3 heterocycles. The van der Waals surface area contributed by atoms with Crippen LogP contribution in [0, 0.1) is 18.6 Å². The van der Waals surface area contributed by atoms with Crippen LogP contribution in [-0.2, 0) is 17.8 Å². The average molecular weight is 434 g/mol. The molecule has 1 aromatic heterocycles. The summed E-state index contributed by atoms with van der Waals surface area (Å²) in [5, 5.41) is 10.0. The number of hydrogen-bond donors (Lipinski definition) is 2. The molecule has 2 aliphatic rings. The fraction of sp³-hybridized carbons (Fsp3) is 0.545. The molecule has 2 N–H and O–H groups in total. The summed E-state index contributed by atoms with van der Waals surface area (Å²) in [6.45, 7) is 8.87. The van der Waals surface area contributed by atoms with Gasteiger partial charge in [0.2, 0.25) is 0 Å². The van der Waals surface area contributed by atoms with Crippen molar-refractivity contribution in [3.63, 3.8) is 0 Å². The molecule has 0 radical (unpaired) electrons. The maximum absolute atomic E-state index is 14.6. The second kappa shape index (κ2) is 7.87. The first kappa shape index (κ1) is 21.7. The molecule has 9 heteroatoms. The molecule has 168 valence electrons. The van der Waals surface area contributed by atoms with Gasteiger partial charge in [-0.05, 0) is 52.3 Å². The van der Waals surface area contributed by atoms with E-state index in [1.165, 1.54) is 4.90 Å². The summed E-state index contributed by atoms with van der Waals surface area (Å²) in [6, 6.07) is 2.45. The Kier molecular flexibility index (Phi) is 5.51. The number of ether oxygens (including phenoxy) is 1. The maximum atomic E-state index is 14.6. The van der Waals surface area contributed by atoms with Gasteiger partial charge < -0.3 is 14.8 Å². The van der Waals surface area contributed by atoms with Crippen LogP contribution in [0.4, 0.5) is 13.6 Å². The Morgan fingerprint density at radius 3 is 2.71 bits per heavy atom. The number of amides is 1. The van der Waals surface area contributed by atoms with Crippen molar-refractivity contribution in [2.75, 3.05) is 6.61 Å². The van der Waals surface area contributed by atoms with Gasteiger partial charge in [-0.2, -0.15) is 0 Å². The molecule has 2 aliphatic heterocycles. The van der Waals surface area contributed by atoms with Crippen LogP contribution in [0.1, 0.15) is 56.1 Å². The minimum atomic E-state index is -1.12. The predicted octanol–water partition coefficient (Wildman–Crippen LogP) is 3.99. The van der Waals surface area contributed by atoms with Gasteiger partial charge in [-0.3, -0.25) is 9.80 Å². The molecule has 1 fully saturated rings. The van der Waals surface area contributed by atoms with Gasteiger partial charge >= 0.3 is 6.09 Å². The van der Waals surface area contributed by atoms with Crippen LogP contribution in [0.2, 0.25) is 0 Å². The number of aromatic amines is 1. The van der Waals surface area contributed by atoms with E-state index in [-0.39, 0.29) is 18.2 Å². The number of benzene rings is 1. The highest BCUT2D eigenvalue weighted by Gasteiger charge is 2.45.